The topological polar surface area (TPSA) is 34.5 Å². The Morgan fingerprint density at radius 3 is 2.33 bits per heavy atom. The van der Waals surface area contributed by atoms with E-state index >= 15 is 0 Å². The molecule has 0 radical (unpaired) electrons. The van der Waals surface area contributed by atoms with E-state index in [1.54, 1.807) is 17.0 Å². The number of rotatable bonds is 6. The molecular formula is C27H26F2N2O2. The summed E-state index contributed by atoms with van der Waals surface area (Å²) in [5.74, 6) is -1.25. The van der Waals surface area contributed by atoms with E-state index in [0.717, 1.165) is 33.7 Å². The fourth-order valence-corrected chi connectivity index (χ4v) is 3.97. The van der Waals surface area contributed by atoms with E-state index in [1.165, 1.54) is 6.07 Å². The standard InChI is InChI=1S/C27H26F2N2O2/c1-4-30(5-2)27(32)33-25-13-12-24-21(26(25)20-9-6-18(3)7-10-20)14-15-31(24)17-19-8-11-22(28)23(29)16-19/h6-16H,4-5,17H2,1-3H3. The van der Waals surface area contributed by atoms with Crippen molar-refractivity contribution in [3.8, 4) is 16.9 Å². The van der Waals surface area contributed by atoms with Crippen molar-refractivity contribution in [3.05, 3.63) is 89.6 Å². The van der Waals surface area contributed by atoms with Crippen molar-refractivity contribution in [1.29, 1.82) is 0 Å². The second kappa shape index (κ2) is 9.45. The van der Waals surface area contributed by atoms with Gasteiger partial charge in [0.25, 0.3) is 0 Å². The van der Waals surface area contributed by atoms with Crippen molar-refractivity contribution < 1.29 is 18.3 Å². The maximum atomic E-state index is 13.7. The van der Waals surface area contributed by atoms with Crippen molar-refractivity contribution in [3.63, 3.8) is 0 Å². The van der Waals surface area contributed by atoms with Crippen LogP contribution in [-0.4, -0.2) is 28.6 Å². The van der Waals surface area contributed by atoms with E-state index in [0.29, 0.717) is 30.9 Å². The van der Waals surface area contributed by atoms with Crippen LogP contribution in [0.1, 0.15) is 25.0 Å². The first-order chi connectivity index (χ1) is 15.9. The van der Waals surface area contributed by atoms with Crippen LogP contribution >= 0.6 is 0 Å². The fraction of sp³-hybridized carbons (Fsp3) is 0.222. The molecule has 0 N–H and O–H groups in total. The van der Waals surface area contributed by atoms with Crippen LogP contribution in [0.2, 0.25) is 0 Å². The van der Waals surface area contributed by atoms with Gasteiger partial charge in [0.2, 0.25) is 0 Å². The largest absolute Gasteiger partial charge is 0.415 e. The van der Waals surface area contributed by atoms with E-state index in [1.807, 2.05) is 67.9 Å². The molecule has 1 aromatic heterocycles. The highest BCUT2D eigenvalue weighted by atomic mass is 19.2. The molecule has 1 heterocycles. The Morgan fingerprint density at radius 2 is 1.67 bits per heavy atom. The first kappa shape index (κ1) is 22.5. The number of hydrogen-bond acceptors (Lipinski definition) is 2. The molecule has 0 saturated heterocycles. The van der Waals surface area contributed by atoms with E-state index in [2.05, 4.69) is 0 Å². The average Bonchev–Trinajstić information content (AvgIpc) is 3.20. The van der Waals surface area contributed by atoms with Crippen molar-refractivity contribution >= 4 is 17.0 Å². The van der Waals surface area contributed by atoms with Gasteiger partial charge >= 0.3 is 6.09 Å². The van der Waals surface area contributed by atoms with Gasteiger partial charge < -0.3 is 14.2 Å². The number of fused-ring (bicyclic) bond motifs is 1. The Bertz CT molecular complexity index is 1290. The van der Waals surface area contributed by atoms with Gasteiger partial charge in [-0.25, -0.2) is 13.6 Å². The van der Waals surface area contributed by atoms with Gasteiger partial charge in [0.05, 0.1) is 0 Å². The highest BCUT2D eigenvalue weighted by molar-refractivity contribution is 5.99. The number of ether oxygens (including phenoxy) is 1. The monoisotopic (exact) mass is 448 g/mol. The number of hydrogen-bond donors (Lipinski definition) is 0. The zero-order valence-corrected chi connectivity index (χ0v) is 18.9. The molecule has 0 saturated carbocycles. The summed E-state index contributed by atoms with van der Waals surface area (Å²) in [7, 11) is 0. The molecule has 33 heavy (non-hydrogen) atoms. The summed E-state index contributed by atoms with van der Waals surface area (Å²) in [6.45, 7) is 7.33. The number of benzene rings is 3. The number of aromatic nitrogens is 1. The molecule has 0 atom stereocenters. The molecule has 4 nitrogen and oxygen atoms in total. The van der Waals surface area contributed by atoms with Crippen LogP contribution in [0.5, 0.6) is 5.75 Å². The van der Waals surface area contributed by atoms with Crippen molar-refractivity contribution in [1.82, 2.24) is 9.47 Å². The van der Waals surface area contributed by atoms with Crippen LogP contribution in [0.25, 0.3) is 22.0 Å². The van der Waals surface area contributed by atoms with E-state index < -0.39 is 17.7 Å². The lowest BCUT2D eigenvalue weighted by Gasteiger charge is -2.20. The normalized spacial score (nSPS) is 11.1. The SMILES string of the molecule is CCN(CC)C(=O)Oc1ccc2c(ccn2Cc2ccc(F)c(F)c2)c1-c1ccc(C)cc1. The number of carbonyl (C=O) groups is 1. The van der Waals surface area contributed by atoms with Crippen LogP contribution in [-0.2, 0) is 6.54 Å². The van der Waals surface area contributed by atoms with Gasteiger partial charge in [-0.1, -0.05) is 35.9 Å². The molecule has 0 spiro atoms. The average molecular weight is 449 g/mol. The molecule has 4 aromatic rings. The summed E-state index contributed by atoms with van der Waals surface area (Å²) in [5, 5.41) is 0.909. The second-order valence-electron chi connectivity index (χ2n) is 7.97. The molecule has 6 heteroatoms. The summed E-state index contributed by atoms with van der Waals surface area (Å²) in [6.07, 6.45) is 1.51. The Labute approximate surface area is 192 Å². The predicted octanol–water partition coefficient (Wildman–Crippen LogP) is 6.78. The molecule has 0 unspecified atom stereocenters. The Balaban J connectivity index is 1.80. The lowest BCUT2D eigenvalue weighted by Crippen LogP contribution is -2.33. The number of amides is 1. The molecule has 170 valence electrons. The Morgan fingerprint density at radius 1 is 0.939 bits per heavy atom. The number of nitrogens with zero attached hydrogens (tertiary/aromatic N) is 2. The zero-order chi connectivity index (χ0) is 23.5. The molecule has 1 amide bonds. The Kier molecular flexibility index (Phi) is 6.45. The van der Waals surface area contributed by atoms with Gasteiger partial charge in [0.1, 0.15) is 5.75 Å². The minimum absolute atomic E-state index is 0.382. The van der Waals surface area contributed by atoms with Crippen molar-refractivity contribution in [2.75, 3.05) is 13.1 Å². The third-order valence-electron chi connectivity index (χ3n) is 5.81. The van der Waals surface area contributed by atoms with Gasteiger partial charge in [-0.3, -0.25) is 0 Å². The minimum atomic E-state index is -0.866. The maximum absolute atomic E-state index is 13.7. The second-order valence-corrected chi connectivity index (χ2v) is 7.97. The summed E-state index contributed by atoms with van der Waals surface area (Å²) in [5.41, 5.74) is 4.43. The number of aryl methyl sites for hydroxylation is 1. The first-order valence-electron chi connectivity index (χ1n) is 11.0. The quantitative estimate of drug-likeness (QED) is 0.326. The van der Waals surface area contributed by atoms with Crippen molar-refractivity contribution in [2.24, 2.45) is 0 Å². The van der Waals surface area contributed by atoms with Gasteiger partial charge in [-0.15, -0.1) is 0 Å². The predicted molar refractivity (Wildman–Crippen MR) is 127 cm³/mol. The third-order valence-corrected chi connectivity index (χ3v) is 5.81. The van der Waals surface area contributed by atoms with Crippen LogP contribution in [0.3, 0.4) is 0 Å². The smallest absolute Gasteiger partial charge is 0.410 e. The van der Waals surface area contributed by atoms with Crippen LogP contribution in [0.15, 0.2) is 66.9 Å². The molecular weight excluding hydrogens is 422 g/mol. The van der Waals surface area contributed by atoms with Gasteiger partial charge in [-0.2, -0.15) is 0 Å². The summed E-state index contributed by atoms with van der Waals surface area (Å²) in [6, 6.07) is 17.6. The maximum Gasteiger partial charge on any atom is 0.415 e. The molecule has 4 rings (SSSR count). The fourth-order valence-electron chi connectivity index (χ4n) is 3.97. The minimum Gasteiger partial charge on any atom is -0.410 e. The van der Waals surface area contributed by atoms with Gasteiger partial charge in [-0.05, 0) is 62.2 Å². The third kappa shape index (κ3) is 4.60. The summed E-state index contributed by atoms with van der Waals surface area (Å²) >= 11 is 0. The number of halogens is 2. The van der Waals surface area contributed by atoms with Gasteiger partial charge in [0, 0.05) is 42.3 Å². The van der Waals surface area contributed by atoms with E-state index in [-0.39, 0.29) is 0 Å². The van der Waals surface area contributed by atoms with E-state index in [4.69, 9.17) is 4.74 Å². The van der Waals surface area contributed by atoms with Crippen LogP contribution in [0, 0.1) is 18.6 Å². The van der Waals surface area contributed by atoms with Crippen LogP contribution < -0.4 is 4.74 Å². The highest BCUT2D eigenvalue weighted by Crippen LogP contribution is 2.38. The molecule has 0 aliphatic rings. The lowest BCUT2D eigenvalue weighted by molar-refractivity contribution is 0.157. The summed E-state index contributed by atoms with van der Waals surface area (Å²) < 4.78 is 34.8. The first-order valence-corrected chi connectivity index (χ1v) is 11.0. The van der Waals surface area contributed by atoms with E-state index in [9.17, 15) is 13.6 Å². The molecule has 3 aromatic carbocycles. The molecule has 0 bridgehead atoms. The number of carbonyl (C=O) groups excluding carboxylic acids is 1. The molecule has 0 aliphatic heterocycles. The molecule has 0 fully saturated rings. The Hall–Kier alpha value is -3.67. The summed E-state index contributed by atoms with van der Waals surface area (Å²) in [4.78, 5) is 14.3. The van der Waals surface area contributed by atoms with Crippen LogP contribution in [0.4, 0.5) is 13.6 Å². The zero-order valence-electron chi connectivity index (χ0n) is 18.9. The van der Waals surface area contributed by atoms with Crippen molar-refractivity contribution in [2.45, 2.75) is 27.3 Å². The lowest BCUT2D eigenvalue weighted by atomic mass is 9.99. The molecule has 0 aliphatic carbocycles. The van der Waals surface area contributed by atoms with Gasteiger partial charge in [0.15, 0.2) is 11.6 Å². The highest BCUT2D eigenvalue weighted by Gasteiger charge is 2.19.